The van der Waals surface area contributed by atoms with Crippen molar-refractivity contribution >= 4 is 5.91 Å². The molecule has 9 atom stereocenters. The molecule has 2 fully saturated rings. The first kappa shape index (κ1) is 27.2. The first-order valence-corrected chi connectivity index (χ1v) is 10.5. The molecule has 188 valence electrons. The second kappa shape index (κ2) is 11.9. The van der Waals surface area contributed by atoms with Crippen molar-refractivity contribution in [3.63, 3.8) is 0 Å². The van der Waals surface area contributed by atoms with Gasteiger partial charge < -0.3 is 57.1 Å². The van der Waals surface area contributed by atoms with Crippen LogP contribution in [0, 0.1) is 0 Å². The Balaban J connectivity index is 1.91. The van der Waals surface area contributed by atoms with Crippen molar-refractivity contribution in [3.05, 3.63) is 0 Å². The highest BCUT2D eigenvalue weighted by Crippen LogP contribution is 2.28. The van der Waals surface area contributed by atoms with Crippen molar-refractivity contribution in [3.8, 4) is 0 Å². The maximum absolute atomic E-state index is 13.4. The van der Waals surface area contributed by atoms with E-state index >= 15 is 0 Å². The van der Waals surface area contributed by atoms with E-state index in [1.807, 2.05) is 0 Å². The number of alkyl halides is 2. The van der Waals surface area contributed by atoms with E-state index in [-0.39, 0.29) is 39.0 Å². The maximum Gasteiger partial charge on any atom is 0.294 e. The summed E-state index contributed by atoms with van der Waals surface area (Å²) in [6, 6.07) is -1.61. The SMILES string of the molecule is NCC(F)(F)C(O)C(=O)NC1CC(N)[C@@H](O[C@@H]2CC(O)[C@H](O)C(CNCCO)O2)C(O)C1. The van der Waals surface area contributed by atoms with Gasteiger partial charge in [0.1, 0.15) is 18.3 Å². The third-order valence-electron chi connectivity index (χ3n) is 5.63. The van der Waals surface area contributed by atoms with Gasteiger partial charge in [-0.3, -0.25) is 4.79 Å². The molecule has 1 heterocycles. The Morgan fingerprint density at radius 1 is 1.22 bits per heavy atom. The van der Waals surface area contributed by atoms with Gasteiger partial charge in [0.25, 0.3) is 11.8 Å². The molecule has 0 aromatic carbocycles. The summed E-state index contributed by atoms with van der Waals surface area (Å²) < 4.78 is 38.2. The molecule has 0 aromatic heterocycles. The number of hydrogen-bond donors (Lipinski definition) is 9. The van der Waals surface area contributed by atoms with Crippen molar-refractivity contribution in [1.82, 2.24) is 10.6 Å². The largest absolute Gasteiger partial charge is 0.395 e. The monoisotopic (exact) mass is 472 g/mol. The van der Waals surface area contributed by atoms with Gasteiger partial charge in [-0.25, -0.2) is 8.78 Å². The number of nitrogens with two attached hydrogens (primary N) is 2. The zero-order valence-corrected chi connectivity index (χ0v) is 17.5. The number of ether oxygens (including phenoxy) is 2. The van der Waals surface area contributed by atoms with Crippen LogP contribution in [0.3, 0.4) is 0 Å². The smallest absolute Gasteiger partial charge is 0.294 e. The fourth-order valence-electron chi connectivity index (χ4n) is 3.83. The third-order valence-corrected chi connectivity index (χ3v) is 5.63. The fourth-order valence-corrected chi connectivity index (χ4v) is 3.83. The molecule has 11 N–H and O–H groups in total. The number of nitrogens with one attached hydrogen (secondary N) is 2. The lowest BCUT2D eigenvalue weighted by Crippen LogP contribution is -2.60. The molecular formula is C18H34F2N4O8. The van der Waals surface area contributed by atoms with Gasteiger partial charge in [0, 0.05) is 31.6 Å². The van der Waals surface area contributed by atoms with Crippen molar-refractivity contribution in [2.45, 2.75) is 80.2 Å². The topological polar surface area (TPSA) is 213 Å². The summed E-state index contributed by atoms with van der Waals surface area (Å²) in [6.45, 7) is -0.920. The molecule has 1 aliphatic heterocycles. The van der Waals surface area contributed by atoms with E-state index in [4.69, 9.17) is 26.0 Å². The number of aliphatic hydroxyl groups excluding tert-OH is 5. The molecule has 2 rings (SSSR count). The molecule has 12 nitrogen and oxygen atoms in total. The Kier molecular flexibility index (Phi) is 10.1. The number of amides is 1. The molecule has 1 amide bonds. The van der Waals surface area contributed by atoms with Crippen molar-refractivity contribution in [2.24, 2.45) is 11.5 Å². The predicted octanol–water partition coefficient (Wildman–Crippen LogP) is -4.29. The second-order valence-electron chi connectivity index (χ2n) is 8.20. The van der Waals surface area contributed by atoms with Crippen LogP contribution in [-0.4, -0.2) is 119 Å². The quantitative estimate of drug-likeness (QED) is 0.139. The van der Waals surface area contributed by atoms with E-state index in [9.17, 15) is 34.0 Å². The number of carbonyl (C=O) groups excluding carboxylic acids is 1. The number of hydrogen-bond acceptors (Lipinski definition) is 11. The molecule has 14 heteroatoms. The van der Waals surface area contributed by atoms with E-state index in [1.165, 1.54) is 0 Å². The zero-order chi connectivity index (χ0) is 24.1. The Labute approximate surface area is 183 Å². The van der Waals surface area contributed by atoms with Crippen LogP contribution in [0.25, 0.3) is 0 Å². The van der Waals surface area contributed by atoms with Gasteiger partial charge in [0.2, 0.25) is 0 Å². The molecule has 0 aromatic rings. The van der Waals surface area contributed by atoms with Gasteiger partial charge in [-0.05, 0) is 12.8 Å². The Hall–Kier alpha value is -1.07. The lowest BCUT2D eigenvalue weighted by Gasteiger charge is -2.43. The van der Waals surface area contributed by atoms with Crippen LogP contribution in [-0.2, 0) is 14.3 Å². The summed E-state index contributed by atoms with van der Waals surface area (Å²) in [4.78, 5) is 11.9. The molecule has 0 spiro atoms. The van der Waals surface area contributed by atoms with E-state index in [0.717, 1.165) is 0 Å². The van der Waals surface area contributed by atoms with Gasteiger partial charge in [-0.1, -0.05) is 0 Å². The Morgan fingerprint density at radius 3 is 2.50 bits per heavy atom. The summed E-state index contributed by atoms with van der Waals surface area (Å²) in [5.74, 6) is -5.12. The molecule has 1 aliphatic carbocycles. The lowest BCUT2D eigenvalue weighted by atomic mass is 9.86. The van der Waals surface area contributed by atoms with E-state index in [0.29, 0.717) is 0 Å². The standard InChI is InChI=1S/C18H34F2N4O8/c19-18(20,7-21)16(29)17(30)24-8-3-9(22)15(11(27)4-8)32-13-5-10(26)14(28)12(31-13)6-23-1-2-25/h8-16,23,25-29H,1-7,21-22H2,(H,24,30)/t8?,9?,10?,11?,12?,13-,14+,15-,16?/m1/s1. The summed E-state index contributed by atoms with van der Waals surface area (Å²) in [5.41, 5.74) is 10.9. The van der Waals surface area contributed by atoms with Crippen molar-refractivity contribution < 1.29 is 48.6 Å². The van der Waals surface area contributed by atoms with Crippen LogP contribution in [0.2, 0.25) is 0 Å². The zero-order valence-electron chi connectivity index (χ0n) is 17.5. The average Bonchev–Trinajstić information content (AvgIpc) is 2.73. The second-order valence-corrected chi connectivity index (χ2v) is 8.20. The fraction of sp³-hybridized carbons (Fsp3) is 0.944. The van der Waals surface area contributed by atoms with Gasteiger partial charge in [0.15, 0.2) is 12.4 Å². The van der Waals surface area contributed by atoms with Crippen LogP contribution in [0.5, 0.6) is 0 Å². The minimum Gasteiger partial charge on any atom is -0.395 e. The van der Waals surface area contributed by atoms with Gasteiger partial charge >= 0.3 is 0 Å². The number of aliphatic hydroxyl groups is 5. The highest BCUT2D eigenvalue weighted by Gasteiger charge is 2.45. The minimum atomic E-state index is -3.79. The lowest BCUT2D eigenvalue weighted by molar-refractivity contribution is -0.276. The maximum atomic E-state index is 13.4. The molecule has 0 radical (unpaired) electrons. The normalized spacial score (nSPS) is 37.2. The number of carbonyl (C=O) groups is 1. The summed E-state index contributed by atoms with van der Waals surface area (Å²) in [5, 5.41) is 54.0. The van der Waals surface area contributed by atoms with Crippen molar-refractivity contribution in [1.29, 1.82) is 0 Å². The predicted molar refractivity (Wildman–Crippen MR) is 105 cm³/mol. The number of halogens is 2. The van der Waals surface area contributed by atoms with Crippen LogP contribution >= 0.6 is 0 Å². The Morgan fingerprint density at radius 2 is 1.91 bits per heavy atom. The highest BCUT2D eigenvalue weighted by atomic mass is 19.3. The van der Waals surface area contributed by atoms with Crippen LogP contribution in [0.1, 0.15) is 19.3 Å². The molecule has 1 saturated heterocycles. The average molecular weight is 472 g/mol. The third kappa shape index (κ3) is 6.96. The van der Waals surface area contributed by atoms with E-state index in [2.05, 4.69) is 10.6 Å². The first-order valence-electron chi connectivity index (χ1n) is 10.5. The minimum absolute atomic E-state index is 0.0633. The molecule has 0 bridgehead atoms. The Bertz CT molecular complexity index is 595. The molecule has 6 unspecified atom stereocenters. The summed E-state index contributed by atoms with van der Waals surface area (Å²) >= 11 is 0. The molecular weight excluding hydrogens is 438 g/mol. The van der Waals surface area contributed by atoms with Crippen LogP contribution in [0.4, 0.5) is 8.78 Å². The van der Waals surface area contributed by atoms with E-state index in [1.54, 1.807) is 0 Å². The molecule has 32 heavy (non-hydrogen) atoms. The van der Waals surface area contributed by atoms with Crippen LogP contribution < -0.4 is 22.1 Å². The van der Waals surface area contributed by atoms with Crippen LogP contribution in [0.15, 0.2) is 0 Å². The van der Waals surface area contributed by atoms with Gasteiger partial charge in [0.05, 0.1) is 25.4 Å². The van der Waals surface area contributed by atoms with Gasteiger partial charge in [-0.2, -0.15) is 0 Å². The first-order chi connectivity index (χ1) is 15.0. The summed E-state index contributed by atoms with van der Waals surface area (Å²) in [7, 11) is 0. The van der Waals surface area contributed by atoms with Crippen molar-refractivity contribution in [2.75, 3.05) is 26.2 Å². The van der Waals surface area contributed by atoms with Gasteiger partial charge in [-0.15, -0.1) is 0 Å². The van der Waals surface area contributed by atoms with E-state index < -0.39 is 73.4 Å². The summed E-state index contributed by atoms with van der Waals surface area (Å²) in [6.07, 6.45) is -9.01. The molecule has 2 aliphatic rings. The molecule has 1 saturated carbocycles. The highest BCUT2D eigenvalue weighted by molar-refractivity contribution is 5.81. The number of rotatable bonds is 10.